The molecule has 0 atom stereocenters. The number of ether oxygens (including phenoxy) is 1. The van der Waals surface area contributed by atoms with Gasteiger partial charge < -0.3 is 4.74 Å². The van der Waals surface area contributed by atoms with Crippen LogP contribution in [-0.2, 0) is 0 Å². The number of nitro benzene ring substituents is 1. The van der Waals surface area contributed by atoms with Gasteiger partial charge in [-0.25, -0.2) is 4.98 Å². The van der Waals surface area contributed by atoms with Crippen LogP contribution in [0, 0.1) is 10.1 Å². The van der Waals surface area contributed by atoms with Crippen molar-refractivity contribution in [2.75, 3.05) is 7.11 Å². The number of methoxy groups -OCH3 is 1. The highest BCUT2D eigenvalue weighted by Gasteiger charge is 2.19. The fourth-order valence-corrected chi connectivity index (χ4v) is 3.86. The molecule has 31 heavy (non-hydrogen) atoms. The van der Waals surface area contributed by atoms with E-state index < -0.39 is 0 Å². The topological polar surface area (TPSA) is 78.2 Å². The van der Waals surface area contributed by atoms with Crippen molar-refractivity contribution in [1.82, 2.24) is 9.97 Å². The highest BCUT2D eigenvalue weighted by Crippen LogP contribution is 2.38. The van der Waals surface area contributed by atoms with Gasteiger partial charge >= 0.3 is 0 Å². The fraction of sp³-hybridized carbons (Fsp3) is 0.0400. The second-order valence-corrected chi connectivity index (χ2v) is 7.09. The number of rotatable bonds is 4. The van der Waals surface area contributed by atoms with Crippen molar-refractivity contribution >= 4 is 27.5 Å². The number of hydrogen-bond donors (Lipinski definition) is 0. The van der Waals surface area contributed by atoms with Crippen molar-refractivity contribution in [2.24, 2.45) is 0 Å². The largest absolute Gasteiger partial charge is 0.497 e. The van der Waals surface area contributed by atoms with Gasteiger partial charge in [-0.15, -0.1) is 0 Å². The maximum Gasteiger partial charge on any atom is 0.278 e. The molecule has 0 amide bonds. The lowest BCUT2D eigenvalue weighted by Crippen LogP contribution is -1.96. The van der Waals surface area contributed by atoms with Crippen LogP contribution in [0.15, 0.2) is 85.1 Å². The maximum atomic E-state index is 11.6. The zero-order valence-electron chi connectivity index (χ0n) is 16.6. The average Bonchev–Trinajstić information content (AvgIpc) is 2.83. The van der Waals surface area contributed by atoms with Crippen LogP contribution in [0.4, 0.5) is 5.69 Å². The lowest BCUT2D eigenvalue weighted by atomic mass is 9.96. The number of para-hydroxylation sites is 2. The van der Waals surface area contributed by atoms with Crippen LogP contribution >= 0.6 is 0 Å². The number of benzene rings is 3. The minimum Gasteiger partial charge on any atom is -0.497 e. The lowest BCUT2D eigenvalue weighted by molar-refractivity contribution is -0.384. The number of fused-ring (bicyclic) bond motifs is 3. The molecule has 0 N–H and O–H groups in total. The Labute approximate surface area is 177 Å². The number of aromatic nitrogens is 2. The summed E-state index contributed by atoms with van der Waals surface area (Å²) in [6, 6.07) is 24.2. The quantitative estimate of drug-likeness (QED) is 0.206. The third kappa shape index (κ3) is 3.24. The predicted molar refractivity (Wildman–Crippen MR) is 121 cm³/mol. The van der Waals surface area contributed by atoms with Crippen LogP contribution in [0.5, 0.6) is 5.75 Å². The van der Waals surface area contributed by atoms with E-state index in [4.69, 9.17) is 9.72 Å². The molecule has 0 aliphatic heterocycles. The highest BCUT2D eigenvalue weighted by atomic mass is 16.6. The molecule has 2 heterocycles. The van der Waals surface area contributed by atoms with Crippen molar-refractivity contribution in [3.05, 3.63) is 95.2 Å². The van der Waals surface area contributed by atoms with E-state index in [2.05, 4.69) is 4.98 Å². The van der Waals surface area contributed by atoms with Crippen molar-refractivity contribution < 1.29 is 9.66 Å². The van der Waals surface area contributed by atoms with Gasteiger partial charge in [0.05, 0.1) is 40.5 Å². The molecule has 0 bridgehead atoms. The summed E-state index contributed by atoms with van der Waals surface area (Å²) >= 11 is 0. The molecule has 0 fully saturated rings. The van der Waals surface area contributed by atoms with E-state index in [0.29, 0.717) is 16.8 Å². The van der Waals surface area contributed by atoms with Crippen molar-refractivity contribution in [2.45, 2.75) is 0 Å². The van der Waals surface area contributed by atoms with Crippen LogP contribution in [0.3, 0.4) is 0 Å². The van der Waals surface area contributed by atoms with E-state index in [1.54, 1.807) is 31.5 Å². The van der Waals surface area contributed by atoms with E-state index >= 15 is 0 Å². The van der Waals surface area contributed by atoms with E-state index in [9.17, 15) is 10.1 Å². The molecule has 0 aliphatic carbocycles. The van der Waals surface area contributed by atoms with Gasteiger partial charge in [-0.05, 0) is 41.5 Å². The monoisotopic (exact) mass is 407 g/mol. The number of nitrogens with zero attached hydrogens (tertiary/aromatic N) is 3. The van der Waals surface area contributed by atoms with Crippen LogP contribution in [0.1, 0.15) is 0 Å². The van der Waals surface area contributed by atoms with Crippen LogP contribution in [0.2, 0.25) is 0 Å². The Morgan fingerprint density at radius 3 is 2.39 bits per heavy atom. The third-order valence-corrected chi connectivity index (χ3v) is 5.32. The van der Waals surface area contributed by atoms with Gasteiger partial charge in [-0.1, -0.05) is 42.5 Å². The minimum atomic E-state index is -0.382. The van der Waals surface area contributed by atoms with E-state index in [1.165, 1.54) is 6.07 Å². The molecule has 6 heteroatoms. The molecule has 5 rings (SSSR count). The fourth-order valence-electron chi connectivity index (χ4n) is 3.86. The van der Waals surface area contributed by atoms with Gasteiger partial charge in [0, 0.05) is 16.8 Å². The lowest BCUT2D eigenvalue weighted by Gasteiger charge is -2.13. The van der Waals surface area contributed by atoms with Gasteiger partial charge in [0.1, 0.15) is 5.75 Å². The Morgan fingerprint density at radius 1 is 0.871 bits per heavy atom. The first-order valence-electron chi connectivity index (χ1n) is 9.72. The molecule has 5 aromatic rings. The van der Waals surface area contributed by atoms with Crippen LogP contribution in [-0.4, -0.2) is 22.0 Å². The second-order valence-electron chi connectivity index (χ2n) is 7.09. The zero-order chi connectivity index (χ0) is 21.4. The molecule has 3 aromatic carbocycles. The molecule has 0 aliphatic rings. The Hall–Kier alpha value is -4.32. The Kier molecular flexibility index (Phi) is 4.52. The normalized spacial score (nSPS) is 11.0. The molecular formula is C25H17N3O3. The van der Waals surface area contributed by atoms with Crippen molar-refractivity contribution in [3.8, 4) is 28.1 Å². The molecule has 6 nitrogen and oxygen atoms in total. The molecule has 0 spiro atoms. The van der Waals surface area contributed by atoms with Crippen LogP contribution in [0.25, 0.3) is 44.2 Å². The molecule has 0 radical (unpaired) electrons. The maximum absolute atomic E-state index is 11.6. The first kappa shape index (κ1) is 18.7. The molecule has 0 saturated carbocycles. The Balaban J connectivity index is 1.87. The number of nitro groups is 1. The molecule has 0 unspecified atom stereocenters. The summed E-state index contributed by atoms with van der Waals surface area (Å²) in [6.07, 6.45) is 1.73. The highest BCUT2D eigenvalue weighted by molar-refractivity contribution is 6.12. The summed E-state index contributed by atoms with van der Waals surface area (Å²) in [4.78, 5) is 20.5. The molecule has 2 aromatic heterocycles. The standard InChI is InChI=1S/C25H17N3O3/c1-31-17-12-10-16(11-13-17)20-14-22(18-6-3-5-9-24(18)28(29)30)27-23-15-26-21-8-4-2-7-19(21)25(20)23/h2-15H,1H3. The predicted octanol–water partition coefficient (Wildman–Crippen LogP) is 6.03. The first-order chi connectivity index (χ1) is 15.2. The second kappa shape index (κ2) is 7.50. The van der Waals surface area contributed by atoms with Crippen molar-refractivity contribution in [3.63, 3.8) is 0 Å². The summed E-state index contributed by atoms with van der Waals surface area (Å²) < 4.78 is 5.30. The van der Waals surface area contributed by atoms with Crippen LogP contribution < -0.4 is 4.74 Å². The van der Waals surface area contributed by atoms with E-state index in [1.807, 2.05) is 54.6 Å². The number of hydrogen-bond acceptors (Lipinski definition) is 5. The van der Waals surface area contributed by atoms with Crippen molar-refractivity contribution in [1.29, 1.82) is 0 Å². The Morgan fingerprint density at radius 2 is 1.61 bits per heavy atom. The summed E-state index contributed by atoms with van der Waals surface area (Å²) in [7, 11) is 1.63. The smallest absolute Gasteiger partial charge is 0.278 e. The minimum absolute atomic E-state index is 0.0174. The van der Waals surface area contributed by atoms with Gasteiger partial charge in [-0.2, -0.15) is 0 Å². The summed E-state index contributed by atoms with van der Waals surface area (Å²) in [6.45, 7) is 0. The van der Waals surface area contributed by atoms with Gasteiger partial charge in [0.2, 0.25) is 0 Å². The average molecular weight is 407 g/mol. The van der Waals surface area contributed by atoms with Gasteiger partial charge in [-0.3, -0.25) is 15.1 Å². The Bertz CT molecular complexity index is 1450. The van der Waals surface area contributed by atoms with Gasteiger partial charge in [0.25, 0.3) is 5.69 Å². The SMILES string of the molecule is COc1ccc(-c2cc(-c3ccccc3[N+](=O)[O-])nc3cnc4ccccc4c23)cc1. The summed E-state index contributed by atoms with van der Waals surface area (Å²) in [5.74, 6) is 0.757. The molecular weight excluding hydrogens is 390 g/mol. The third-order valence-electron chi connectivity index (χ3n) is 5.32. The first-order valence-corrected chi connectivity index (χ1v) is 9.72. The molecule has 150 valence electrons. The van der Waals surface area contributed by atoms with E-state index in [-0.39, 0.29) is 10.6 Å². The summed E-state index contributed by atoms with van der Waals surface area (Å²) in [5.41, 5.74) is 4.46. The molecule has 0 saturated heterocycles. The van der Waals surface area contributed by atoms with Gasteiger partial charge in [0.15, 0.2) is 0 Å². The number of pyridine rings is 2. The summed E-state index contributed by atoms with van der Waals surface area (Å²) in [5, 5.41) is 13.5. The zero-order valence-corrected chi connectivity index (χ0v) is 16.6. The van der Waals surface area contributed by atoms with E-state index in [0.717, 1.165) is 33.2 Å².